The van der Waals surface area contributed by atoms with Gasteiger partial charge >= 0.3 is 0 Å². The fourth-order valence-electron chi connectivity index (χ4n) is 3.88. The second kappa shape index (κ2) is 8.13. The first-order valence-electron chi connectivity index (χ1n) is 10.8. The molecule has 3 N–H and O–H groups in total. The second-order valence-electron chi connectivity index (χ2n) is 7.96. The summed E-state index contributed by atoms with van der Waals surface area (Å²) in [4.78, 5) is 9.33. The zero-order valence-corrected chi connectivity index (χ0v) is 18.9. The highest BCUT2D eigenvalue weighted by molar-refractivity contribution is 5.87. The van der Waals surface area contributed by atoms with Gasteiger partial charge in [-0.15, -0.1) is 5.10 Å². The van der Waals surface area contributed by atoms with E-state index in [1.807, 2.05) is 43.3 Å². The third kappa shape index (κ3) is 3.68. The van der Waals surface area contributed by atoms with Crippen molar-refractivity contribution >= 4 is 22.4 Å². The Morgan fingerprint density at radius 1 is 1.06 bits per heavy atom. The van der Waals surface area contributed by atoms with E-state index in [0.717, 1.165) is 22.0 Å². The van der Waals surface area contributed by atoms with Gasteiger partial charge in [0.05, 0.1) is 18.8 Å². The molecule has 6 aromatic rings. The Labute approximate surface area is 198 Å². The number of aromatic nitrogens is 7. The van der Waals surface area contributed by atoms with E-state index in [1.165, 1.54) is 0 Å². The molecule has 0 saturated heterocycles. The summed E-state index contributed by atoms with van der Waals surface area (Å²) in [5.41, 5.74) is 10.6. The number of aromatic amines is 1. The number of imidazole rings is 1. The number of nitrogen functional groups attached to an aromatic ring is 1. The Morgan fingerprint density at radius 3 is 2.86 bits per heavy atom. The average molecular weight is 468 g/mol. The summed E-state index contributed by atoms with van der Waals surface area (Å²) in [5, 5.41) is 16.6. The van der Waals surface area contributed by atoms with Gasteiger partial charge in [0.15, 0.2) is 23.8 Å². The van der Waals surface area contributed by atoms with Gasteiger partial charge in [0.1, 0.15) is 17.2 Å². The summed E-state index contributed by atoms with van der Waals surface area (Å²) in [6.07, 6.45) is 1.76. The Hall–Kier alpha value is -4.93. The SMILES string of the molecule is COc1cc(C)ccc1OCc1nc(-c2c(-c3ccc4[nH]ncc4c3)nc3ccc(N)nn23)no1. The van der Waals surface area contributed by atoms with Crippen LogP contribution in [0.3, 0.4) is 0 Å². The first kappa shape index (κ1) is 20.7. The van der Waals surface area contributed by atoms with Crippen molar-refractivity contribution in [3.05, 3.63) is 66.2 Å². The van der Waals surface area contributed by atoms with E-state index in [9.17, 15) is 0 Å². The average Bonchev–Trinajstić information content (AvgIpc) is 3.60. The van der Waals surface area contributed by atoms with Crippen LogP contribution in [0.5, 0.6) is 11.5 Å². The highest BCUT2D eigenvalue weighted by atomic mass is 16.5. The van der Waals surface area contributed by atoms with Crippen molar-refractivity contribution in [1.82, 2.24) is 34.9 Å². The lowest BCUT2D eigenvalue weighted by atomic mass is 10.1. The number of hydrogen-bond acceptors (Lipinski definition) is 9. The molecule has 0 atom stereocenters. The predicted octanol–water partition coefficient (Wildman–Crippen LogP) is 3.80. The molecule has 6 rings (SSSR count). The van der Waals surface area contributed by atoms with Crippen LogP contribution in [0.2, 0.25) is 0 Å². The number of nitrogens with zero attached hydrogens (tertiary/aromatic N) is 6. The maximum absolute atomic E-state index is 5.97. The number of benzene rings is 2. The number of fused-ring (bicyclic) bond motifs is 2. The topological polar surface area (TPSA) is 142 Å². The number of rotatable bonds is 6. The maximum Gasteiger partial charge on any atom is 0.264 e. The first-order valence-corrected chi connectivity index (χ1v) is 10.8. The molecule has 4 heterocycles. The third-order valence-electron chi connectivity index (χ3n) is 5.56. The van der Waals surface area contributed by atoms with E-state index in [-0.39, 0.29) is 12.5 Å². The third-order valence-corrected chi connectivity index (χ3v) is 5.56. The molecule has 0 fully saturated rings. The van der Waals surface area contributed by atoms with Crippen LogP contribution in [0.1, 0.15) is 11.5 Å². The molecule has 35 heavy (non-hydrogen) atoms. The van der Waals surface area contributed by atoms with Gasteiger partial charge in [-0.3, -0.25) is 5.10 Å². The quantitative estimate of drug-likeness (QED) is 0.373. The molecule has 11 nitrogen and oxygen atoms in total. The summed E-state index contributed by atoms with van der Waals surface area (Å²) in [7, 11) is 1.60. The lowest BCUT2D eigenvalue weighted by molar-refractivity contribution is 0.233. The summed E-state index contributed by atoms with van der Waals surface area (Å²) in [6.45, 7) is 2.05. The minimum atomic E-state index is 0.0645. The van der Waals surface area contributed by atoms with Crippen molar-refractivity contribution in [2.75, 3.05) is 12.8 Å². The minimum absolute atomic E-state index is 0.0645. The first-order chi connectivity index (χ1) is 17.1. The van der Waals surface area contributed by atoms with E-state index >= 15 is 0 Å². The van der Waals surface area contributed by atoms with Crippen molar-refractivity contribution in [3.63, 3.8) is 0 Å². The second-order valence-corrected chi connectivity index (χ2v) is 7.96. The molecule has 0 bridgehead atoms. The molecule has 0 spiro atoms. The molecule has 174 valence electrons. The van der Waals surface area contributed by atoms with Crippen molar-refractivity contribution in [3.8, 4) is 34.3 Å². The normalized spacial score (nSPS) is 11.4. The number of methoxy groups -OCH3 is 1. The Kier molecular flexibility index (Phi) is 4.80. The van der Waals surface area contributed by atoms with Gasteiger partial charge < -0.3 is 19.7 Å². The minimum Gasteiger partial charge on any atom is -0.493 e. The van der Waals surface area contributed by atoms with Gasteiger partial charge in [-0.05, 0) is 48.9 Å². The van der Waals surface area contributed by atoms with E-state index in [1.54, 1.807) is 30.0 Å². The predicted molar refractivity (Wildman–Crippen MR) is 128 cm³/mol. The van der Waals surface area contributed by atoms with Gasteiger partial charge in [0.2, 0.25) is 5.82 Å². The molecule has 4 aromatic heterocycles. The lowest BCUT2D eigenvalue weighted by Gasteiger charge is -2.09. The Balaban J connectivity index is 1.39. The highest BCUT2D eigenvalue weighted by Crippen LogP contribution is 2.33. The van der Waals surface area contributed by atoms with Crippen molar-refractivity contribution < 1.29 is 14.0 Å². The van der Waals surface area contributed by atoms with Crippen molar-refractivity contribution in [1.29, 1.82) is 0 Å². The summed E-state index contributed by atoms with van der Waals surface area (Å²) < 4.78 is 18.4. The largest absolute Gasteiger partial charge is 0.493 e. The zero-order valence-electron chi connectivity index (χ0n) is 18.9. The van der Waals surface area contributed by atoms with E-state index in [2.05, 4.69) is 25.4 Å². The molecule has 2 aromatic carbocycles. The number of ether oxygens (including phenoxy) is 2. The van der Waals surface area contributed by atoms with Crippen LogP contribution in [0.4, 0.5) is 5.82 Å². The van der Waals surface area contributed by atoms with Crippen LogP contribution < -0.4 is 15.2 Å². The molecule has 0 aliphatic rings. The molecule has 0 aliphatic heterocycles. The fourth-order valence-corrected chi connectivity index (χ4v) is 3.88. The summed E-state index contributed by atoms with van der Waals surface area (Å²) >= 11 is 0. The van der Waals surface area contributed by atoms with Gasteiger partial charge in [0.25, 0.3) is 5.89 Å². The summed E-state index contributed by atoms with van der Waals surface area (Å²) in [6, 6.07) is 15.0. The fraction of sp³-hybridized carbons (Fsp3) is 0.125. The van der Waals surface area contributed by atoms with Crippen molar-refractivity contribution in [2.24, 2.45) is 0 Å². The molecular weight excluding hydrogens is 448 g/mol. The van der Waals surface area contributed by atoms with Gasteiger partial charge in [-0.2, -0.15) is 10.1 Å². The Bertz CT molecular complexity index is 1680. The van der Waals surface area contributed by atoms with Crippen LogP contribution >= 0.6 is 0 Å². The molecule has 0 aliphatic carbocycles. The summed E-state index contributed by atoms with van der Waals surface area (Å²) in [5.74, 6) is 2.15. The number of aryl methyl sites for hydroxylation is 1. The highest BCUT2D eigenvalue weighted by Gasteiger charge is 2.22. The lowest BCUT2D eigenvalue weighted by Crippen LogP contribution is -2.01. The number of nitrogens with two attached hydrogens (primary N) is 1. The molecule has 11 heteroatoms. The van der Waals surface area contributed by atoms with Crippen LogP contribution in [-0.4, -0.2) is 42.0 Å². The van der Waals surface area contributed by atoms with E-state index < -0.39 is 0 Å². The molecule has 0 unspecified atom stereocenters. The van der Waals surface area contributed by atoms with Crippen LogP contribution in [0, 0.1) is 6.92 Å². The van der Waals surface area contributed by atoms with Crippen LogP contribution in [-0.2, 0) is 6.61 Å². The van der Waals surface area contributed by atoms with Gasteiger partial charge in [0, 0.05) is 10.9 Å². The van der Waals surface area contributed by atoms with Gasteiger partial charge in [-0.1, -0.05) is 17.3 Å². The number of anilines is 1. The number of H-pyrrole nitrogens is 1. The zero-order chi connectivity index (χ0) is 23.9. The van der Waals surface area contributed by atoms with Crippen molar-refractivity contribution in [2.45, 2.75) is 13.5 Å². The van der Waals surface area contributed by atoms with Crippen LogP contribution in [0.25, 0.3) is 39.3 Å². The van der Waals surface area contributed by atoms with E-state index in [0.29, 0.717) is 40.2 Å². The standard InChI is InChI=1S/C24H20N8O3/c1-13-3-6-17(18(9-13)33-2)34-12-21-28-24(31-35-21)23-22(27-20-8-7-19(25)30-32(20)23)14-4-5-16-15(10-14)11-26-29-16/h3-11H,12H2,1-2H3,(H2,25,30)(H,26,29). The monoisotopic (exact) mass is 468 g/mol. The molecular formula is C24H20N8O3. The molecule has 0 radical (unpaired) electrons. The van der Waals surface area contributed by atoms with Crippen LogP contribution in [0.15, 0.2) is 59.3 Å². The Morgan fingerprint density at radius 2 is 1.97 bits per heavy atom. The maximum atomic E-state index is 5.97. The number of hydrogen-bond donors (Lipinski definition) is 2. The van der Waals surface area contributed by atoms with Gasteiger partial charge in [-0.25, -0.2) is 9.50 Å². The van der Waals surface area contributed by atoms with E-state index in [4.69, 9.17) is 24.7 Å². The smallest absolute Gasteiger partial charge is 0.264 e. The number of nitrogens with one attached hydrogen (secondary N) is 1. The molecule has 0 amide bonds. The molecule has 0 saturated carbocycles.